The van der Waals surface area contributed by atoms with Crippen molar-refractivity contribution in [1.82, 2.24) is 5.32 Å². The molecule has 0 aliphatic carbocycles. The number of amides is 1. The number of carbonyl (C=O) groups is 1. The van der Waals surface area contributed by atoms with Crippen molar-refractivity contribution in [3.8, 4) is 5.75 Å². The van der Waals surface area contributed by atoms with Gasteiger partial charge < -0.3 is 10.1 Å². The molecule has 0 spiro atoms. The van der Waals surface area contributed by atoms with Crippen LogP contribution in [0.4, 0.5) is 10.1 Å². The molecule has 0 heterocycles. The monoisotopic (exact) mass is 414 g/mol. The Morgan fingerprint density at radius 1 is 1.03 bits per heavy atom. The normalized spacial score (nSPS) is 10.7. The van der Waals surface area contributed by atoms with Crippen LogP contribution in [0.15, 0.2) is 54.6 Å². The molecule has 0 unspecified atom stereocenters. The van der Waals surface area contributed by atoms with E-state index in [1.165, 1.54) is 43.9 Å². The lowest BCUT2D eigenvalue weighted by atomic mass is 10.2. The van der Waals surface area contributed by atoms with Crippen molar-refractivity contribution in [1.29, 1.82) is 0 Å². The summed E-state index contributed by atoms with van der Waals surface area (Å²) in [4.78, 5) is 11.9. The van der Waals surface area contributed by atoms with Crippen molar-refractivity contribution in [3.63, 3.8) is 0 Å². The van der Waals surface area contributed by atoms with Gasteiger partial charge in [-0.05, 0) is 66.7 Å². The van der Waals surface area contributed by atoms with E-state index in [0.717, 1.165) is 23.4 Å². The number of carbonyl (C=O) groups excluding carboxylic acids is 1. The Hall–Kier alpha value is -2.73. The molecule has 154 valence electrons. The number of rotatable bonds is 10. The highest BCUT2D eigenvalue weighted by atomic mass is 32.1. The molecule has 2 aromatic rings. The van der Waals surface area contributed by atoms with Gasteiger partial charge in [-0.2, -0.15) is 0 Å². The zero-order chi connectivity index (χ0) is 20.9. The molecule has 4 nitrogen and oxygen atoms in total. The number of hydrogen-bond acceptors (Lipinski definition) is 3. The van der Waals surface area contributed by atoms with Gasteiger partial charge in [-0.25, -0.2) is 4.39 Å². The standard InChI is InChI=1S/C23H27FN2O2S/c1-2-3-4-5-6-17-28-21-14-12-20(13-15-21)25-23(29)26-22(27)16-9-18-7-10-19(24)11-8-18/h7-16H,2-6,17H2,1H3,(H2,25,26,27,29)/b16-9+. The number of ether oxygens (including phenoxy) is 1. The first kappa shape index (κ1) is 22.6. The molecule has 2 N–H and O–H groups in total. The molecule has 0 atom stereocenters. The molecule has 0 bridgehead atoms. The van der Waals surface area contributed by atoms with Crippen molar-refractivity contribution in [2.45, 2.75) is 39.0 Å². The molecule has 1 amide bonds. The Morgan fingerprint density at radius 2 is 1.72 bits per heavy atom. The minimum atomic E-state index is -0.366. The number of halogens is 1. The molecule has 0 saturated heterocycles. The van der Waals surface area contributed by atoms with Crippen LogP contribution in [0.25, 0.3) is 6.08 Å². The van der Waals surface area contributed by atoms with Gasteiger partial charge in [0.2, 0.25) is 5.91 Å². The lowest BCUT2D eigenvalue weighted by molar-refractivity contribution is -0.115. The van der Waals surface area contributed by atoms with Crippen molar-refractivity contribution in [2.75, 3.05) is 11.9 Å². The third kappa shape index (κ3) is 9.34. The average Bonchev–Trinajstić information content (AvgIpc) is 2.71. The van der Waals surface area contributed by atoms with Crippen molar-refractivity contribution < 1.29 is 13.9 Å². The minimum Gasteiger partial charge on any atom is -0.494 e. The lowest BCUT2D eigenvalue weighted by Crippen LogP contribution is -2.32. The second-order valence-corrected chi connectivity index (χ2v) is 7.02. The highest BCUT2D eigenvalue weighted by molar-refractivity contribution is 7.80. The van der Waals surface area contributed by atoms with Crippen LogP contribution in [0.1, 0.15) is 44.6 Å². The number of hydrogen-bond donors (Lipinski definition) is 2. The van der Waals surface area contributed by atoms with Gasteiger partial charge >= 0.3 is 0 Å². The van der Waals surface area contributed by atoms with Gasteiger partial charge in [0.25, 0.3) is 0 Å². The van der Waals surface area contributed by atoms with Crippen LogP contribution in [0.2, 0.25) is 0 Å². The van der Waals surface area contributed by atoms with Gasteiger partial charge in [-0.3, -0.25) is 10.1 Å². The van der Waals surface area contributed by atoms with E-state index >= 15 is 0 Å². The lowest BCUT2D eigenvalue weighted by Gasteiger charge is -2.10. The molecule has 6 heteroatoms. The number of benzene rings is 2. The molecule has 0 aromatic heterocycles. The largest absolute Gasteiger partial charge is 0.494 e. The molecule has 0 aliphatic heterocycles. The summed E-state index contributed by atoms with van der Waals surface area (Å²) >= 11 is 5.16. The van der Waals surface area contributed by atoms with Crippen LogP contribution < -0.4 is 15.4 Å². The summed E-state index contributed by atoms with van der Waals surface area (Å²) in [5, 5.41) is 5.73. The van der Waals surface area contributed by atoms with Gasteiger partial charge in [0, 0.05) is 11.8 Å². The van der Waals surface area contributed by atoms with Crippen LogP contribution in [0.5, 0.6) is 5.75 Å². The average molecular weight is 415 g/mol. The molecule has 0 aliphatic rings. The van der Waals surface area contributed by atoms with E-state index in [1.54, 1.807) is 18.2 Å². The Labute approximate surface area is 177 Å². The summed E-state index contributed by atoms with van der Waals surface area (Å²) in [5.41, 5.74) is 1.48. The summed E-state index contributed by atoms with van der Waals surface area (Å²) < 4.78 is 18.6. The van der Waals surface area contributed by atoms with Gasteiger partial charge in [0.1, 0.15) is 11.6 Å². The number of nitrogens with one attached hydrogen (secondary N) is 2. The van der Waals surface area contributed by atoms with Crippen molar-refractivity contribution in [2.24, 2.45) is 0 Å². The quantitative estimate of drug-likeness (QED) is 0.297. The predicted octanol–water partition coefficient (Wildman–Crippen LogP) is 5.70. The third-order valence-electron chi connectivity index (χ3n) is 4.16. The zero-order valence-electron chi connectivity index (χ0n) is 16.6. The van der Waals surface area contributed by atoms with E-state index in [0.29, 0.717) is 6.61 Å². The Bertz CT molecular complexity index is 805. The molecule has 0 fully saturated rings. The van der Waals surface area contributed by atoms with Crippen LogP contribution in [0.3, 0.4) is 0 Å². The highest BCUT2D eigenvalue weighted by Gasteiger charge is 2.02. The van der Waals surface area contributed by atoms with Crippen molar-refractivity contribution in [3.05, 3.63) is 66.0 Å². The first-order valence-corrected chi connectivity index (χ1v) is 10.3. The molecular weight excluding hydrogens is 387 g/mol. The first-order valence-electron chi connectivity index (χ1n) is 9.85. The van der Waals surface area contributed by atoms with Gasteiger partial charge in [-0.15, -0.1) is 0 Å². The van der Waals surface area contributed by atoms with Crippen LogP contribution >= 0.6 is 12.2 Å². The Kier molecular flexibility index (Phi) is 9.86. The number of anilines is 1. The molecule has 2 rings (SSSR count). The van der Waals surface area contributed by atoms with Gasteiger partial charge in [0.15, 0.2) is 5.11 Å². The van der Waals surface area contributed by atoms with Gasteiger partial charge in [-0.1, -0.05) is 44.7 Å². The Morgan fingerprint density at radius 3 is 2.41 bits per heavy atom. The maximum absolute atomic E-state index is 12.9. The van der Waals surface area contributed by atoms with Crippen LogP contribution in [0, 0.1) is 5.82 Å². The fraction of sp³-hybridized carbons (Fsp3) is 0.304. The summed E-state index contributed by atoms with van der Waals surface area (Å²) in [6.07, 6.45) is 8.95. The summed E-state index contributed by atoms with van der Waals surface area (Å²) in [6, 6.07) is 13.3. The minimum absolute atomic E-state index is 0.198. The fourth-order valence-electron chi connectivity index (χ4n) is 2.59. The van der Waals surface area contributed by atoms with E-state index in [1.807, 2.05) is 24.3 Å². The second-order valence-electron chi connectivity index (χ2n) is 6.62. The predicted molar refractivity (Wildman–Crippen MR) is 120 cm³/mol. The van der Waals surface area contributed by atoms with E-state index in [2.05, 4.69) is 17.6 Å². The van der Waals surface area contributed by atoms with Gasteiger partial charge in [0.05, 0.1) is 6.61 Å². The fourth-order valence-corrected chi connectivity index (χ4v) is 2.81. The Balaban J connectivity index is 1.71. The van der Waals surface area contributed by atoms with E-state index < -0.39 is 0 Å². The molecular formula is C23H27FN2O2S. The highest BCUT2D eigenvalue weighted by Crippen LogP contribution is 2.16. The number of unbranched alkanes of at least 4 members (excludes halogenated alkanes) is 4. The topological polar surface area (TPSA) is 50.4 Å². The molecule has 29 heavy (non-hydrogen) atoms. The number of thiocarbonyl (C=S) groups is 1. The van der Waals surface area contributed by atoms with E-state index in [-0.39, 0.29) is 16.8 Å². The third-order valence-corrected chi connectivity index (χ3v) is 4.37. The molecule has 0 saturated carbocycles. The second kappa shape index (κ2) is 12.7. The maximum atomic E-state index is 12.9. The molecule has 0 radical (unpaired) electrons. The summed E-state index contributed by atoms with van der Waals surface area (Å²) in [7, 11) is 0. The van der Waals surface area contributed by atoms with Crippen LogP contribution in [-0.4, -0.2) is 17.6 Å². The SMILES string of the molecule is CCCCCCCOc1ccc(NC(=S)NC(=O)/C=C/c2ccc(F)cc2)cc1. The van der Waals surface area contributed by atoms with Crippen LogP contribution in [-0.2, 0) is 4.79 Å². The smallest absolute Gasteiger partial charge is 0.250 e. The maximum Gasteiger partial charge on any atom is 0.250 e. The molecule has 2 aromatic carbocycles. The van der Waals surface area contributed by atoms with E-state index in [4.69, 9.17) is 17.0 Å². The van der Waals surface area contributed by atoms with E-state index in [9.17, 15) is 9.18 Å². The summed E-state index contributed by atoms with van der Waals surface area (Å²) in [5.74, 6) is 0.124. The zero-order valence-corrected chi connectivity index (χ0v) is 17.4. The van der Waals surface area contributed by atoms with Crippen molar-refractivity contribution >= 4 is 35.0 Å². The first-order chi connectivity index (χ1) is 14.1. The summed E-state index contributed by atoms with van der Waals surface area (Å²) in [6.45, 7) is 2.92.